The molecule has 0 amide bonds. The highest BCUT2D eigenvalue weighted by atomic mass is 14.8. The van der Waals surface area contributed by atoms with Crippen molar-refractivity contribution in [2.24, 2.45) is 10.9 Å². The molecule has 0 bridgehead atoms. The maximum atomic E-state index is 4.65. The summed E-state index contributed by atoms with van der Waals surface area (Å²) < 4.78 is 0. The van der Waals surface area contributed by atoms with E-state index >= 15 is 0 Å². The van der Waals surface area contributed by atoms with Gasteiger partial charge in [0.15, 0.2) is 0 Å². The number of hydrogen-bond donors (Lipinski definition) is 1. The summed E-state index contributed by atoms with van der Waals surface area (Å²) in [4.78, 5) is 4.65. The van der Waals surface area contributed by atoms with Crippen molar-refractivity contribution in [1.29, 1.82) is 0 Å². The molecule has 0 saturated heterocycles. The Morgan fingerprint density at radius 3 is 2.67 bits per heavy atom. The zero-order chi connectivity index (χ0) is 15.5. The van der Waals surface area contributed by atoms with Crippen LogP contribution in [0.15, 0.2) is 16.6 Å². The topological polar surface area (TPSA) is 24.4 Å². The molecule has 122 valence electrons. The van der Waals surface area contributed by atoms with E-state index in [4.69, 9.17) is 0 Å². The Morgan fingerprint density at radius 2 is 1.95 bits per heavy atom. The third kappa shape index (κ3) is 8.40. The first-order valence-corrected chi connectivity index (χ1v) is 9.06. The van der Waals surface area contributed by atoms with E-state index in [-0.39, 0.29) is 0 Å². The van der Waals surface area contributed by atoms with Crippen LogP contribution in [0.25, 0.3) is 0 Å². The van der Waals surface area contributed by atoms with Gasteiger partial charge in [-0.3, -0.25) is 4.99 Å². The highest BCUT2D eigenvalue weighted by molar-refractivity contribution is 5.81. The van der Waals surface area contributed by atoms with Gasteiger partial charge in [-0.2, -0.15) is 0 Å². The lowest BCUT2D eigenvalue weighted by molar-refractivity contribution is 0.496. The van der Waals surface area contributed by atoms with E-state index in [0.717, 1.165) is 5.92 Å². The zero-order valence-electron chi connectivity index (χ0n) is 14.7. The highest BCUT2D eigenvalue weighted by Gasteiger charge is 2.10. The molecule has 1 aliphatic heterocycles. The second kappa shape index (κ2) is 11.0. The van der Waals surface area contributed by atoms with Gasteiger partial charge in [-0.05, 0) is 51.1 Å². The monoisotopic (exact) mass is 292 g/mol. The van der Waals surface area contributed by atoms with Gasteiger partial charge in [-0.25, -0.2) is 0 Å². The second-order valence-electron chi connectivity index (χ2n) is 6.82. The Kier molecular flexibility index (Phi) is 9.65. The third-order valence-electron chi connectivity index (χ3n) is 4.83. The molecule has 0 aromatic heterocycles. The SMILES string of the molecule is CCC(C)CCCC1=CC(CCCCCC(C)NC)N=C1. The number of unbranched alkanes of at least 4 members (excludes halogenated alkanes) is 2. The minimum absolute atomic E-state index is 0.477. The molecule has 0 aromatic rings. The van der Waals surface area contributed by atoms with Crippen LogP contribution in [-0.4, -0.2) is 25.3 Å². The summed E-state index contributed by atoms with van der Waals surface area (Å²) >= 11 is 0. The van der Waals surface area contributed by atoms with Crippen LogP contribution in [0, 0.1) is 5.92 Å². The molecule has 0 aliphatic carbocycles. The molecule has 2 heteroatoms. The minimum Gasteiger partial charge on any atom is -0.317 e. The standard InChI is InChI=1S/C19H36N2/c1-5-16(2)10-9-12-18-14-19(21-15-18)13-8-6-7-11-17(3)20-4/h14-17,19-20H,5-13H2,1-4H3. The van der Waals surface area contributed by atoms with Gasteiger partial charge in [0.2, 0.25) is 0 Å². The van der Waals surface area contributed by atoms with Crippen LogP contribution in [0.2, 0.25) is 0 Å². The summed E-state index contributed by atoms with van der Waals surface area (Å²) in [6.45, 7) is 6.90. The first-order valence-electron chi connectivity index (χ1n) is 9.06. The molecule has 2 nitrogen and oxygen atoms in total. The molecule has 3 atom stereocenters. The average Bonchev–Trinajstić information content (AvgIpc) is 2.94. The van der Waals surface area contributed by atoms with E-state index in [1.165, 1.54) is 63.4 Å². The quantitative estimate of drug-likeness (QED) is 0.495. The summed E-state index contributed by atoms with van der Waals surface area (Å²) in [7, 11) is 2.05. The zero-order valence-corrected chi connectivity index (χ0v) is 14.7. The van der Waals surface area contributed by atoms with E-state index in [9.17, 15) is 0 Å². The lowest BCUT2D eigenvalue weighted by Gasteiger charge is -2.09. The van der Waals surface area contributed by atoms with Crippen molar-refractivity contribution in [3.8, 4) is 0 Å². The summed E-state index contributed by atoms with van der Waals surface area (Å²) in [5.41, 5.74) is 1.48. The first kappa shape index (κ1) is 18.4. The maximum Gasteiger partial charge on any atom is 0.0686 e. The number of nitrogens with one attached hydrogen (secondary N) is 1. The van der Waals surface area contributed by atoms with Gasteiger partial charge in [-0.15, -0.1) is 0 Å². The number of nitrogens with zero attached hydrogens (tertiary/aromatic N) is 1. The van der Waals surface area contributed by atoms with Crippen molar-refractivity contribution in [2.75, 3.05) is 7.05 Å². The molecule has 0 radical (unpaired) electrons. The van der Waals surface area contributed by atoms with Crippen LogP contribution in [0.5, 0.6) is 0 Å². The highest BCUT2D eigenvalue weighted by Crippen LogP contribution is 2.20. The summed E-state index contributed by atoms with van der Waals surface area (Å²) in [6, 6.07) is 1.14. The van der Waals surface area contributed by atoms with Gasteiger partial charge in [0.05, 0.1) is 6.04 Å². The minimum atomic E-state index is 0.477. The smallest absolute Gasteiger partial charge is 0.0686 e. The van der Waals surface area contributed by atoms with Gasteiger partial charge in [0.25, 0.3) is 0 Å². The van der Waals surface area contributed by atoms with Gasteiger partial charge in [0, 0.05) is 12.3 Å². The van der Waals surface area contributed by atoms with Crippen LogP contribution in [-0.2, 0) is 0 Å². The number of allylic oxidation sites excluding steroid dienone is 1. The Hall–Kier alpha value is -0.630. The van der Waals surface area contributed by atoms with E-state index in [1.807, 2.05) is 7.05 Å². The van der Waals surface area contributed by atoms with Crippen LogP contribution in [0.4, 0.5) is 0 Å². The van der Waals surface area contributed by atoms with Crippen molar-refractivity contribution in [2.45, 2.75) is 90.6 Å². The lowest BCUT2D eigenvalue weighted by Crippen LogP contribution is -2.20. The van der Waals surface area contributed by atoms with Crippen molar-refractivity contribution in [3.05, 3.63) is 11.6 Å². The van der Waals surface area contributed by atoms with E-state index < -0.39 is 0 Å². The molecule has 1 heterocycles. The van der Waals surface area contributed by atoms with Crippen LogP contribution in [0.1, 0.15) is 78.6 Å². The van der Waals surface area contributed by atoms with Gasteiger partial charge < -0.3 is 5.32 Å². The van der Waals surface area contributed by atoms with Gasteiger partial charge in [-0.1, -0.05) is 52.0 Å². The van der Waals surface area contributed by atoms with Crippen LogP contribution >= 0.6 is 0 Å². The number of aliphatic imine (C=N–C) groups is 1. The number of hydrogen-bond acceptors (Lipinski definition) is 2. The predicted molar refractivity (Wildman–Crippen MR) is 95.3 cm³/mol. The normalized spacial score (nSPS) is 20.6. The van der Waals surface area contributed by atoms with Crippen molar-refractivity contribution in [1.82, 2.24) is 5.32 Å². The van der Waals surface area contributed by atoms with E-state index in [0.29, 0.717) is 12.1 Å². The third-order valence-corrected chi connectivity index (χ3v) is 4.83. The number of rotatable bonds is 12. The van der Waals surface area contributed by atoms with Crippen LogP contribution in [0.3, 0.4) is 0 Å². The first-order chi connectivity index (χ1) is 10.2. The molecule has 21 heavy (non-hydrogen) atoms. The largest absolute Gasteiger partial charge is 0.317 e. The molecule has 0 fully saturated rings. The molecule has 0 saturated carbocycles. The molecular formula is C19H36N2. The second-order valence-corrected chi connectivity index (χ2v) is 6.82. The molecule has 3 unspecified atom stereocenters. The lowest BCUT2D eigenvalue weighted by atomic mass is 9.99. The van der Waals surface area contributed by atoms with E-state index in [1.54, 1.807) is 0 Å². The van der Waals surface area contributed by atoms with Crippen molar-refractivity contribution in [3.63, 3.8) is 0 Å². The van der Waals surface area contributed by atoms with Crippen molar-refractivity contribution >= 4 is 6.21 Å². The Labute approximate surface area is 132 Å². The summed E-state index contributed by atoms with van der Waals surface area (Å²) in [5.74, 6) is 0.875. The molecule has 1 rings (SSSR count). The fourth-order valence-corrected chi connectivity index (χ4v) is 2.81. The molecule has 0 spiro atoms. The van der Waals surface area contributed by atoms with Gasteiger partial charge >= 0.3 is 0 Å². The summed E-state index contributed by atoms with van der Waals surface area (Å²) in [5, 5.41) is 3.30. The van der Waals surface area contributed by atoms with E-state index in [2.05, 4.69) is 43.4 Å². The molecule has 1 aliphatic rings. The predicted octanol–water partition coefficient (Wildman–Crippen LogP) is 5.14. The van der Waals surface area contributed by atoms with Crippen LogP contribution < -0.4 is 5.32 Å². The maximum absolute atomic E-state index is 4.65. The fraction of sp³-hybridized carbons (Fsp3) is 0.842. The Bertz CT molecular complexity index is 320. The molecular weight excluding hydrogens is 256 g/mol. The Balaban J connectivity index is 2.06. The molecule has 1 N–H and O–H groups in total. The summed E-state index contributed by atoms with van der Waals surface area (Å²) in [6.07, 6.45) is 16.3. The fourth-order valence-electron chi connectivity index (χ4n) is 2.81. The van der Waals surface area contributed by atoms with Gasteiger partial charge in [0.1, 0.15) is 0 Å². The van der Waals surface area contributed by atoms with Crippen molar-refractivity contribution < 1.29 is 0 Å². The average molecular weight is 293 g/mol. The Morgan fingerprint density at radius 1 is 1.14 bits per heavy atom. The molecule has 0 aromatic carbocycles.